The van der Waals surface area contributed by atoms with E-state index in [9.17, 15) is 0 Å². The molecule has 116 valence electrons. The highest BCUT2D eigenvalue weighted by atomic mass is 32.1. The molecule has 0 bridgehead atoms. The zero-order valence-corrected chi connectivity index (χ0v) is 14.4. The lowest BCUT2D eigenvalue weighted by Gasteiger charge is -2.13. The molecule has 2 heterocycles. The number of rotatable bonds is 8. The van der Waals surface area contributed by atoms with Crippen LogP contribution in [0.15, 0.2) is 12.7 Å². The Morgan fingerprint density at radius 2 is 1.33 bits per heavy atom. The molecule has 21 heavy (non-hydrogen) atoms. The first-order valence-electron chi connectivity index (χ1n) is 7.40. The van der Waals surface area contributed by atoms with E-state index >= 15 is 0 Å². The first-order valence-corrected chi connectivity index (χ1v) is 8.43. The van der Waals surface area contributed by atoms with E-state index in [0.717, 1.165) is 54.9 Å². The van der Waals surface area contributed by atoms with Crippen LogP contribution in [0, 0.1) is 13.8 Å². The summed E-state index contributed by atoms with van der Waals surface area (Å²) < 4.78 is 0. The van der Waals surface area contributed by atoms with Gasteiger partial charge in [-0.2, -0.15) is 25.3 Å². The predicted molar refractivity (Wildman–Crippen MR) is 93.5 cm³/mol. The van der Waals surface area contributed by atoms with Crippen molar-refractivity contribution < 1.29 is 0 Å². The largest absolute Gasteiger partial charge is 0.348 e. The van der Waals surface area contributed by atoms with Crippen molar-refractivity contribution in [1.82, 2.24) is 19.9 Å². The van der Waals surface area contributed by atoms with Crippen LogP contribution in [0.5, 0.6) is 0 Å². The second-order valence-corrected chi connectivity index (χ2v) is 7.06. The maximum absolute atomic E-state index is 4.68. The molecule has 0 aliphatic rings. The SMILES string of the molecule is Cc1[nH]cnc1CC(S)CCCC(S)Cc1nc[nH]c1C. The highest BCUT2D eigenvalue weighted by Crippen LogP contribution is 2.18. The highest BCUT2D eigenvalue weighted by Gasteiger charge is 2.12. The van der Waals surface area contributed by atoms with E-state index in [-0.39, 0.29) is 0 Å². The molecule has 0 saturated heterocycles. The fourth-order valence-electron chi connectivity index (χ4n) is 2.43. The lowest BCUT2D eigenvalue weighted by molar-refractivity contribution is 0.628. The van der Waals surface area contributed by atoms with Gasteiger partial charge in [-0.15, -0.1) is 0 Å². The molecule has 2 aromatic rings. The van der Waals surface area contributed by atoms with Crippen molar-refractivity contribution in [2.75, 3.05) is 0 Å². The summed E-state index contributed by atoms with van der Waals surface area (Å²) in [4.78, 5) is 14.9. The summed E-state index contributed by atoms with van der Waals surface area (Å²) in [5.41, 5.74) is 4.56. The fourth-order valence-corrected chi connectivity index (χ4v) is 3.14. The second kappa shape index (κ2) is 7.94. The van der Waals surface area contributed by atoms with E-state index < -0.39 is 0 Å². The van der Waals surface area contributed by atoms with Gasteiger partial charge in [0.05, 0.1) is 24.0 Å². The van der Waals surface area contributed by atoms with Gasteiger partial charge in [0.25, 0.3) is 0 Å². The van der Waals surface area contributed by atoms with Gasteiger partial charge in [0.2, 0.25) is 0 Å². The maximum atomic E-state index is 4.68. The highest BCUT2D eigenvalue weighted by molar-refractivity contribution is 7.81. The van der Waals surface area contributed by atoms with Crippen molar-refractivity contribution in [2.45, 2.75) is 56.5 Å². The van der Waals surface area contributed by atoms with Crippen molar-refractivity contribution in [3.8, 4) is 0 Å². The molecule has 6 heteroatoms. The number of nitrogens with zero attached hydrogens (tertiary/aromatic N) is 2. The molecule has 2 N–H and O–H groups in total. The molecule has 2 atom stereocenters. The number of hydrogen-bond donors (Lipinski definition) is 4. The molecule has 0 aromatic carbocycles. The number of nitrogens with one attached hydrogen (secondary N) is 2. The van der Waals surface area contributed by atoms with Crippen molar-refractivity contribution in [2.24, 2.45) is 0 Å². The van der Waals surface area contributed by atoms with Crippen LogP contribution < -0.4 is 0 Å². The van der Waals surface area contributed by atoms with E-state index in [0.29, 0.717) is 10.5 Å². The molecular weight excluding hydrogens is 300 g/mol. The Kier molecular flexibility index (Phi) is 6.23. The molecule has 0 spiro atoms. The minimum atomic E-state index is 0.361. The van der Waals surface area contributed by atoms with Gasteiger partial charge in [0.15, 0.2) is 0 Å². The van der Waals surface area contributed by atoms with Crippen LogP contribution in [0.3, 0.4) is 0 Å². The van der Waals surface area contributed by atoms with Crippen LogP contribution >= 0.6 is 25.3 Å². The van der Waals surface area contributed by atoms with Crippen LogP contribution in [0.4, 0.5) is 0 Å². The number of imidazole rings is 2. The third kappa shape index (κ3) is 5.11. The van der Waals surface area contributed by atoms with E-state index in [1.54, 1.807) is 12.7 Å². The predicted octanol–water partition coefficient (Wildman–Crippen LogP) is 3.30. The lowest BCUT2D eigenvalue weighted by Crippen LogP contribution is -2.09. The van der Waals surface area contributed by atoms with Crippen molar-refractivity contribution >= 4 is 25.3 Å². The molecule has 0 aliphatic carbocycles. The summed E-state index contributed by atoms with van der Waals surface area (Å²) in [6, 6.07) is 0. The third-order valence-corrected chi connectivity index (χ3v) is 4.68. The summed E-state index contributed by atoms with van der Waals surface area (Å²) in [6.45, 7) is 4.11. The number of H-pyrrole nitrogens is 2. The zero-order valence-electron chi connectivity index (χ0n) is 12.6. The van der Waals surface area contributed by atoms with Gasteiger partial charge in [-0.25, -0.2) is 9.97 Å². The van der Waals surface area contributed by atoms with E-state index in [2.05, 4.69) is 59.0 Å². The van der Waals surface area contributed by atoms with Crippen LogP contribution in [-0.4, -0.2) is 30.4 Å². The van der Waals surface area contributed by atoms with Crippen molar-refractivity contribution in [1.29, 1.82) is 0 Å². The summed E-state index contributed by atoms with van der Waals surface area (Å²) in [5, 5.41) is 0.722. The molecule has 2 rings (SSSR count). The number of aromatic nitrogens is 4. The standard InChI is InChI=1S/C15H24N4S2/c1-10-14(18-8-16-10)6-12(20)4-3-5-13(21)7-15-11(2)17-9-19-15/h8-9,12-13,20-21H,3-7H2,1-2H3,(H,16,18)(H,17,19). The molecule has 4 nitrogen and oxygen atoms in total. The quantitative estimate of drug-likeness (QED) is 0.563. The van der Waals surface area contributed by atoms with E-state index in [1.807, 2.05) is 0 Å². The van der Waals surface area contributed by atoms with Gasteiger partial charge in [-0.05, 0) is 26.7 Å². The van der Waals surface area contributed by atoms with Crippen LogP contribution in [0.25, 0.3) is 0 Å². The molecule has 2 aromatic heterocycles. The molecule has 2 unspecified atom stereocenters. The van der Waals surface area contributed by atoms with Gasteiger partial charge >= 0.3 is 0 Å². The number of aromatic amines is 2. The van der Waals surface area contributed by atoms with Gasteiger partial charge in [0.1, 0.15) is 0 Å². The van der Waals surface area contributed by atoms with Gasteiger partial charge in [-0.3, -0.25) is 0 Å². The molecule has 0 amide bonds. The molecule has 0 aliphatic heterocycles. The third-order valence-electron chi connectivity index (χ3n) is 3.80. The zero-order chi connectivity index (χ0) is 15.2. The summed E-state index contributed by atoms with van der Waals surface area (Å²) >= 11 is 9.35. The van der Waals surface area contributed by atoms with E-state index in [1.165, 1.54) is 0 Å². The smallest absolute Gasteiger partial charge is 0.0925 e. The lowest BCUT2D eigenvalue weighted by atomic mass is 10.1. The number of aryl methyl sites for hydroxylation is 2. The minimum absolute atomic E-state index is 0.361. The Hall–Kier alpha value is -0.880. The summed E-state index contributed by atoms with van der Waals surface area (Å²) in [6.07, 6.45) is 8.66. The Balaban J connectivity index is 1.67. The summed E-state index contributed by atoms with van der Waals surface area (Å²) in [5.74, 6) is 0. The average molecular weight is 325 g/mol. The number of thiol groups is 2. The topological polar surface area (TPSA) is 57.4 Å². The molecular formula is C15H24N4S2. The molecule has 0 saturated carbocycles. The average Bonchev–Trinajstić information content (AvgIpc) is 3.00. The van der Waals surface area contributed by atoms with Crippen molar-refractivity contribution in [3.05, 3.63) is 35.4 Å². The monoisotopic (exact) mass is 324 g/mol. The molecule has 0 fully saturated rings. The van der Waals surface area contributed by atoms with Crippen LogP contribution in [0.1, 0.15) is 42.0 Å². The van der Waals surface area contributed by atoms with Gasteiger partial charge < -0.3 is 9.97 Å². The first kappa shape index (κ1) is 16.5. The van der Waals surface area contributed by atoms with Crippen molar-refractivity contribution in [3.63, 3.8) is 0 Å². The van der Waals surface area contributed by atoms with Crippen LogP contribution in [0.2, 0.25) is 0 Å². The Morgan fingerprint density at radius 1 is 0.905 bits per heavy atom. The second-order valence-electron chi connectivity index (χ2n) is 5.60. The normalized spacial score (nSPS) is 14.3. The Labute approximate surface area is 137 Å². The maximum Gasteiger partial charge on any atom is 0.0925 e. The van der Waals surface area contributed by atoms with E-state index in [4.69, 9.17) is 0 Å². The Morgan fingerprint density at radius 3 is 1.67 bits per heavy atom. The first-order chi connectivity index (χ1) is 10.1. The van der Waals surface area contributed by atoms with Crippen LogP contribution in [-0.2, 0) is 12.8 Å². The molecule has 0 radical (unpaired) electrons. The number of hydrogen-bond acceptors (Lipinski definition) is 4. The Bertz CT molecular complexity index is 501. The van der Waals surface area contributed by atoms with Gasteiger partial charge in [0, 0.05) is 34.7 Å². The van der Waals surface area contributed by atoms with Gasteiger partial charge in [-0.1, -0.05) is 6.42 Å². The summed E-state index contributed by atoms with van der Waals surface area (Å²) in [7, 11) is 0. The fraction of sp³-hybridized carbons (Fsp3) is 0.600. The minimum Gasteiger partial charge on any atom is -0.348 e.